The molecule has 1 amide bonds. The van der Waals surface area contributed by atoms with Crippen molar-refractivity contribution in [3.05, 3.63) is 89.6 Å². The van der Waals surface area contributed by atoms with E-state index in [0.29, 0.717) is 13.1 Å². The van der Waals surface area contributed by atoms with Gasteiger partial charge in [-0.25, -0.2) is 4.39 Å². The van der Waals surface area contributed by atoms with E-state index in [1.165, 1.54) is 13.2 Å². The molecule has 152 valence electrons. The number of carbonyl (C=O) groups is 1. The molecule has 1 N–H and O–H groups in total. The second-order valence-corrected chi connectivity index (χ2v) is 6.81. The minimum Gasteiger partial charge on any atom is -0.494 e. The maximum atomic E-state index is 14.0. The van der Waals surface area contributed by atoms with Crippen LogP contribution in [0, 0.1) is 5.82 Å². The van der Waals surface area contributed by atoms with E-state index in [9.17, 15) is 9.18 Å². The first-order valence-electron chi connectivity index (χ1n) is 9.47. The lowest BCUT2D eigenvalue weighted by atomic mass is 10.1. The lowest BCUT2D eigenvalue weighted by Gasteiger charge is -2.23. The molecule has 0 saturated carbocycles. The summed E-state index contributed by atoms with van der Waals surface area (Å²) in [6.45, 7) is 2.88. The largest absolute Gasteiger partial charge is 0.494 e. The second kappa shape index (κ2) is 9.89. The zero-order valence-corrected chi connectivity index (χ0v) is 16.6. The highest BCUT2D eigenvalue weighted by molar-refractivity contribution is 5.78. The summed E-state index contributed by atoms with van der Waals surface area (Å²) >= 11 is 0. The number of hydrogen-bond donors (Lipinski definition) is 1. The predicted octanol–water partition coefficient (Wildman–Crippen LogP) is 4.31. The second-order valence-electron chi connectivity index (χ2n) is 6.81. The topological polar surface area (TPSA) is 54.7 Å². The zero-order chi connectivity index (χ0) is 20.6. The van der Waals surface area contributed by atoms with Crippen molar-refractivity contribution in [2.75, 3.05) is 13.7 Å². The number of rotatable bonds is 9. The van der Waals surface area contributed by atoms with Gasteiger partial charge in [-0.3, -0.25) is 4.79 Å². The van der Waals surface area contributed by atoms with Gasteiger partial charge < -0.3 is 19.4 Å². The van der Waals surface area contributed by atoms with Crippen molar-refractivity contribution < 1.29 is 18.3 Å². The van der Waals surface area contributed by atoms with Crippen LogP contribution in [-0.2, 0) is 17.9 Å². The number of nitrogens with zero attached hydrogens (tertiary/aromatic N) is 1. The maximum absolute atomic E-state index is 14.0. The Morgan fingerprint density at radius 3 is 2.59 bits per heavy atom. The fourth-order valence-electron chi connectivity index (χ4n) is 3.05. The third-order valence-electron chi connectivity index (χ3n) is 4.73. The van der Waals surface area contributed by atoms with Gasteiger partial charge in [0.25, 0.3) is 0 Å². The third-order valence-corrected chi connectivity index (χ3v) is 4.73. The molecular formula is C23H25FN2O3. The van der Waals surface area contributed by atoms with Crippen molar-refractivity contribution in [1.82, 2.24) is 10.2 Å². The van der Waals surface area contributed by atoms with Crippen LogP contribution in [0.5, 0.6) is 5.75 Å². The molecule has 2 aromatic carbocycles. The van der Waals surface area contributed by atoms with E-state index in [-0.39, 0.29) is 24.2 Å². The number of amides is 1. The number of ether oxygens (including phenoxy) is 1. The highest BCUT2D eigenvalue weighted by Crippen LogP contribution is 2.21. The van der Waals surface area contributed by atoms with Crippen molar-refractivity contribution in [3.63, 3.8) is 0 Å². The van der Waals surface area contributed by atoms with Gasteiger partial charge in [0, 0.05) is 12.6 Å². The molecule has 0 bridgehead atoms. The van der Waals surface area contributed by atoms with Crippen LogP contribution in [0.2, 0.25) is 0 Å². The molecule has 0 saturated heterocycles. The van der Waals surface area contributed by atoms with Crippen LogP contribution in [0.25, 0.3) is 0 Å². The number of furan rings is 1. The van der Waals surface area contributed by atoms with Crippen LogP contribution in [0.3, 0.4) is 0 Å². The Bertz CT molecular complexity index is 913. The first kappa shape index (κ1) is 20.6. The van der Waals surface area contributed by atoms with Crippen LogP contribution in [0.1, 0.15) is 29.9 Å². The Kier molecular flexibility index (Phi) is 7.03. The number of benzene rings is 2. The minimum atomic E-state index is -0.423. The lowest BCUT2D eigenvalue weighted by molar-refractivity contribution is -0.131. The van der Waals surface area contributed by atoms with E-state index < -0.39 is 5.82 Å². The fraction of sp³-hybridized carbons (Fsp3) is 0.261. The number of hydrogen-bond acceptors (Lipinski definition) is 4. The first-order chi connectivity index (χ1) is 14.1. The molecule has 0 fully saturated rings. The average Bonchev–Trinajstić information content (AvgIpc) is 3.25. The molecule has 1 atom stereocenters. The van der Waals surface area contributed by atoms with E-state index in [1.54, 1.807) is 29.4 Å². The van der Waals surface area contributed by atoms with E-state index in [1.807, 2.05) is 43.3 Å². The number of methoxy groups -OCH3 is 1. The van der Waals surface area contributed by atoms with Gasteiger partial charge >= 0.3 is 0 Å². The van der Waals surface area contributed by atoms with Gasteiger partial charge in [-0.2, -0.15) is 0 Å². The Morgan fingerprint density at radius 2 is 1.93 bits per heavy atom. The van der Waals surface area contributed by atoms with Crippen molar-refractivity contribution in [1.29, 1.82) is 0 Å². The van der Waals surface area contributed by atoms with E-state index in [0.717, 1.165) is 16.9 Å². The molecule has 0 aliphatic heterocycles. The number of halogens is 1. The van der Waals surface area contributed by atoms with Gasteiger partial charge in [-0.15, -0.1) is 0 Å². The van der Waals surface area contributed by atoms with Crippen molar-refractivity contribution >= 4 is 5.91 Å². The van der Waals surface area contributed by atoms with Crippen LogP contribution >= 0.6 is 0 Å². The summed E-state index contributed by atoms with van der Waals surface area (Å²) in [5.74, 6) is 0.434. The van der Waals surface area contributed by atoms with Crippen LogP contribution in [0.4, 0.5) is 4.39 Å². The minimum absolute atomic E-state index is 0.0638. The number of carbonyl (C=O) groups excluding carboxylic acids is 1. The summed E-state index contributed by atoms with van der Waals surface area (Å²) in [6.07, 6.45) is 1.60. The lowest BCUT2D eigenvalue weighted by Crippen LogP contribution is -2.38. The van der Waals surface area contributed by atoms with E-state index in [2.05, 4.69) is 5.32 Å². The number of nitrogens with one attached hydrogen (secondary N) is 1. The molecule has 0 spiro atoms. The summed E-state index contributed by atoms with van der Waals surface area (Å²) in [5.41, 5.74) is 1.79. The quantitative estimate of drug-likeness (QED) is 0.586. The van der Waals surface area contributed by atoms with Crippen molar-refractivity contribution in [2.24, 2.45) is 0 Å². The van der Waals surface area contributed by atoms with Gasteiger partial charge in [0.1, 0.15) is 5.76 Å². The molecule has 0 aliphatic rings. The molecule has 1 heterocycles. The highest BCUT2D eigenvalue weighted by atomic mass is 19.1. The Morgan fingerprint density at radius 1 is 1.14 bits per heavy atom. The zero-order valence-electron chi connectivity index (χ0n) is 16.6. The van der Waals surface area contributed by atoms with Gasteiger partial charge in [0.15, 0.2) is 11.6 Å². The monoisotopic (exact) mass is 396 g/mol. The summed E-state index contributed by atoms with van der Waals surface area (Å²) < 4.78 is 24.3. The molecule has 5 nitrogen and oxygen atoms in total. The molecule has 3 rings (SSSR count). The predicted molar refractivity (Wildman–Crippen MR) is 109 cm³/mol. The Hall–Kier alpha value is -3.12. The molecule has 6 heteroatoms. The SMILES string of the molecule is COc1ccc(C(C)NCC(=O)N(Cc2ccccc2)Cc2ccco2)cc1F. The van der Waals surface area contributed by atoms with Crippen LogP contribution < -0.4 is 10.1 Å². The molecule has 1 unspecified atom stereocenters. The van der Waals surface area contributed by atoms with Gasteiger partial charge in [-0.1, -0.05) is 36.4 Å². The van der Waals surface area contributed by atoms with Crippen molar-refractivity contribution in [2.45, 2.75) is 26.1 Å². The summed E-state index contributed by atoms with van der Waals surface area (Å²) in [5, 5.41) is 3.18. The normalized spacial score (nSPS) is 11.8. The van der Waals surface area contributed by atoms with Crippen molar-refractivity contribution in [3.8, 4) is 5.75 Å². The summed E-state index contributed by atoms with van der Waals surface area (Å²) in [6, 6.07) is 18.1. The summed E-state index contributed by atoms with van der Waals surface area (Å²) in [4.78, 5) is 14.6. The molecule has 3 aromatic rings. The summed E-state index contributed by atoms with van der Waals surface area (Å²) in [7, 11) is 1.43. The first-order valence-corrected chi connectivity index (χ1v) is 9.47. The van der Waals surface area contributed by atoms with Gasteiger partial charge in [0.05, 0.1) is 26.5 Å². The third kappa shape index (κ3) is 5.68. The Labute approximate surface area is 170 Å². The molecule has 1 aromatic heterocycles. The van der Waals surface area contributed by atoms with E-state index in [4.69, 9.17) is 9.15 Å². The smallest absolute Gasteiger partial charge is 0.237 e. The Balaban J connectivity index is 1.64. The fourth-order valence-corrected chi connectivity index (χ4v) is 3.05. The maximum Gasteiger partial charge on any atom is 0.237 e. The molecule has 0 radical (unpaired) electrons. The standard InChI is InChI=1S/C23H25FN2O3/c1-17(19-10-11-22(28-2)21(24)13-19)25-14-23(27)26(16-20-9-6-12-29-20)15-18-7-4-3-5-8-18/h3-13,17,25H,14-16H2,1-2H3. The van der Waals surface area contributed by atoms with Crippen LogP contribution in [0.15, 0.2) is 71.3 Å². The van der Waals surface area contributed by atoms with Gasteiger partial charge in [0.2, 0.25) is 5.91 Å². The highest BCUT2D eigenvalue weighted by Gasteiger charge is 2.17. The molecule has 0 aliphatic carbocycles. The molecular weight excluding hydrogens is 371 g/mol. The molecule has 29 heavy (non-hydrogen) atoms. The van der Waals surface area contributed by atoms with E-state index >= 15 is 0 Å². The average molecular weight is 396 g/mol. The van der Waals surface area contributed by atoms with Crippen LogP contribution in [-0.4, -0.2) is 24.5 Å². The van der Waals surface area contributed by atoms with Gasteiger partial charge in [-0.05, 0) is 42.3 Å².